The Bertz CT molecular complexity index is 537. The molecule has 0 unspecified atom stereocenters. The Morgan fingerprint density at radius 3 is 2.94 bits per heavy atom. The number of ether oxygens (including phenoxy) is 1. The number of hydrogen-bond donors (Lipinski definition) is 2. The van der Waals surface area contributed by atoms with Crippen LogP contribution in [0.15, 0.2) is 35.7 Å². The molecule has 0 fully saturated rings. The summed E-state index contributed by atoms with van der Waals surface area (Å²) in [6.07, 6.45) is 0. The lowest BCUT2D eigenvalue weighted by Gasteiger charge is -2.05. The van der Waals surface area contributed by atoms with Crippen molar-refractivity contribution in [3.63, 3.8) is 0 Å². The van der Waals surface area contributed by atoms with Crippen molar-refractivity contribution in [1.29, 1.82) is 0 Å². The van der Waals surface area contributed by atoms with Crippen molar-refractivity contribution >= 4 is 28.6 Å². The van der Waals surface area contributed by atoms with Gasteiger partial charge in [0, 0.05) is 11.4 Å². The molecule has 0 radical (unpaired) electrons. The number of amides is 1. The Hall–Kier alpha value is -2.01. The quantitative estimate of drug-likeness (QED) is 0.820. The molecular formula is C12H12N2O2S. The van der Waals surface area contributed by atoms with Gasteiger partial charge in [0.25, 0.3) is 5.91 Å². The van der Waals surface area contributed by atoms with Crippen molar-refractivity contribution < 1.29 is 9.53 Å². The highest BCUT2D eigenvalue weighted by atomic mass is 32.1. The number of thiophene rings is 1. The van der Waals surface area contributed by atoms with E-state index in [-0.39, 0.29) is 5.91 Å². The molecule has 0 aliphatic rings. The predicted octanol–water partition coefficient (Wildman–Crippen LogP) is 2.59. The standard InChI is InChI=1S/C12H12N2O2S/c1-16-10-5-6-17-11(10)12(15)14-9-4-2-3-8(13)7-9/h2-7H,13H2,1H3,(H,14,15). The fourth-order valence-corrected chi connectivity index (χ4v) is 2.18. The number of anilines is 2. The number of carbonyl (C=O) groups excluding carboxylic acids is 1. The van der Waals surface area contributed by atoms with E-state index in [2.05, 4.69) is 5.32 Å². The third-order valence-corrected chi connectivity index (χ3v) is 3.09. The van der Waals surface area contributed by atoms with Crippen LogP contribution in [0.1, 0.15) is 9.67 Å². The van der Waals surface area contributed by atoms with Gasteiger partial charge in [-0.25, -0.2) is 0 Å². The fourth-order valence-electron chi connectivity index (χ4n) is 1.43. The van der Waals surface area contributed by atoms with Crippen molar-refractivity contribution in [2.75, 3.05) is 18.2 Å². The van der Waals surface area contributed by atoms with Crippen molar-refractivity contribution in [3.8, 4) is 5.75 Å². The van der Waals surface area contributed by atoms with Crippen LogP contribution in [0.5, 0.6) is 5.75 Å². The summed E-state index contributed by atoms with van der Waals surface area (Å²) in [6.45, 7) is 0. The highest BCUT2D eigenvalue weighted by Crippen LogP contribution is 2.25. The molecule has 4 nitrogen and oxygen atoms in total. The second-order valence-electron chi connectivity index (χ2n) is 3.40. The largest absolute Gasteiger partial charge is 0.495 e. The van der Waals surface area contributed by atoms with Gasteiger partial charge in [0.2, 0.25) is 0 Å². The Balaban J connectivity index is 2.17. The lowest BCUT2D eigenvalue weighted by molar-refractivity contribution is 0.102. The third-order valence-electron chi connectivity index (χ3n) is 2.20. The first-order valence-corrected chi connectivity index (χ1v) is 5.87. The summed E-state index contributed by atoms with van der Waals surface area (Å²) in [7, 11) is 1.54. The van der Waals surface area contributed by atoms with Gasteiger partial charge in [-0.3, -0.25) is 4.79 Å². The predicted molar refractivity (Wildman–Crippen MR) is 69.7 cm³/mol. The first kappa shape index (κ1) is 11.5. The van der Waals surface area contributed by atoms with Crippen LogP contribution in [0, 0.1) is 0 Å². The smallest absolute Gasteiger partial charge is 0.269 e. The zero-order chi connectivity index (χ0) is 12.3. The van der Waals surface area contributed by atoms with E-state index in [4.69, 9.17) is 10.5 Å². The molecule has 0 aliphatic heterocycles. The fraction of sp³-hybridized carbons (Fsp3) is 0.0833. The van der Waals surface area contributed by atoms with Gasteiger partial charge in [0.05, 0.1) is 7.11 Å². The van der Waals surface area contributed by atoms with Gasteiger partial charge < -0.3 is 15.8 Å². The minimum absolute atomic E-state index is 0.192. The van der Waals surface area contributed by atoms with Crippen LogP contribution in [0.25, 0.3) is 0 Å². The molecule has 2 rings (SSSR count). The molecule has 17 heavy (non-hydrogen) atoms. The van der Waals surface area contributed by atoms with Gasteiger partial charge in [0.15, 0.2) is 0 Å². The van der Waals surface area contributed by atoms with Crippen LogP contribution in [-0.4, -0.2) is 13.0 Å². The van der Waals surface area contributed by atoms with E-state index < -0.39 is 0 Å². The highest BCUT2D eigenvalue weighted by molar-refractivity contribution is 7.12. The molecule has 1 heterocycles. The second-order valence-corrected chi connectivity index (χ2v) is 4.31. The van der Waals surface area contributed by atoms with Crippen molar-refractivity contribution in [1.82, 2.24) is 0 Å². The first-order valence-electron chi connectivity index (χ1n) is 4.99. The molecule has 0 saturated heterocycles. The molecule has 88 valence electrons. The third kappa shape index (κ3) is 2.57. The normalized spacial score (nSPS) is 9.94. The average Bonchev–Trinajstić information content (AvgIpc) is 2.77. The molecule has 0 spiro atoms. The molecule has 3 N–H and O–H groups in total. The zero-order valence-electron chi connectivity index (χ0n) is 9.27. The summed E-state index contributed by atoms with van der Waals surface area (Å²) in [5.41, 5.74) is 6.92. The van der Waals surface area contributed by atoms with E-state index in [9.17, 15) is 4.79 Å². The Labute approximate surface area is 103 Å². The number of benzene rings is 1. The van der Waals surface area contributed by atoms with E-state index >= 15 is 0 Å². The molecule has 1 aromatic carbocycles. The highest BCUT2D eigenvalue weighted by Gasteiger charge is 2.13. The molecule has 1 amide bonds. The van der Waals surface area contributed by atoms with Gasteiger partial charge in [-0.1, -0.05) is 6.07 Å². The number of nitrogens with one attached hydrogen (secondary N) is 1. The van der Waals surface area contributed by atoms with Crippen LogP contribution in [-0.2, 0) is 0 Å². The Morgan fingerprint density at radius 2 is 2.24 bits per heavy atom. The molecule has 5 heteroatoms. The van der Waals surface area contributed by atoms with E-state index in [0.29, 0.717) is 22.0 Å². The summed E-state index contributed by atoms with van der Waals surface area (Å²) in [6, 6.07) is 8.81. The number of methoxy groups -OCH3 is 1. The Morgan fingerprint density at radius 1 is 1.41 bits per heavy atom. The first-order chi connectivity index (χ1) is 8.20. The zero-order valence-corrected chi connectivity index (χ0v) is 10.1. The monoisotopic (exact) mass is 248 g/mol. The van der Waals surface area contributed by atoms with Crippen molar-refractivity contribution in [2.24, 2.45) is 0 Å². The average molecular weight is 248 g/mol. The summed E-state index contributed by atoms with van der Waals surface area (Å²) >= 11 is 1.34. The van der Waals surface area contributed by atoms with Crippen LogP contribution in [0.3, 0.4) is 0 Å². The van der Waals surface area contributed by atoms with Gasteiger partial charge in [0.1, 0.15) is 10.6 Å². The molecule has 1 aromatic heterocycles. The number of rotatable bonds is 3. The van der Waals surface area contributed by atoms with Crippen LogP contribution < -0.4 is 15.8 Å². The molecule has 0 aliphatic carbocycles. The van der Waals surface area contributed by atoms with Crippen LogP contribution in [0.4, 0.5) is 11.4 Å². The van der Waals surface area contributed by atoms with Crippen molar-refractivity contribution in [3.05, 3.63) is 40.6 Å². The van der Waals surface area contributed by atoms with E-state index in [1.807, 2.05) is 5.38 Å². The summed E-state index contributed by atoms with van der Waals surface area (Å²) in [5.74, 6) is 0.388. The van der Waals surface area contributed by atoms with Crippen LogP contribution in [0.2, 0.25) is 0 Å². The van der Waals surface area contributed by atoms with E-state index in [1.54, 1.807) is 37.4 Å². The maximum atomic E-state index is 11.9. The number of carbonyl (C=O) groups is 1. The summed E-state index contributed by atoms with van der Waals surface area (Å²) in [4.78, 5) is 12.5. The van der Waals surface area contributed by atoms with E-state index in [1.165, 1.54) is 11.3 Å². The topological polar surface area (TPSA) is 64.3 Å². The number of nitrogen functional groups attached to an aromatic ring is 1. The number of hydrogen-bond acceptors (Lipinski definition) is 4. The van der Waals surface area contributed by atoms with E-state index in [0.717, 1.165) is 0 Å². The summed E-state index contributed by atoms with van der Waals surface area (Å²) in [5, 5.41) is 4.58. The van der Waals surface area contributed by atoms with Crippen molar-refractivity contribution in [2.45, 2.75) is 0 Å². The maximum Gasteiger partial charge on any atom is 0.269 e. The molecule has 2 aromatic rings. The van der Waals surface area contributed by atoms with Gasteiger partial charge in [-0.15, -0.1) is 11.3 Å². The molecular weight excluding hydrogens is 236 g/mol. The Kier molecular flexibility index (Phi) is 3.30. The SMILES string of the molecule is COc1ccsc1C(=O)Nc1cccc(N)c1. The van der Waals surface area contributed by atoms with Gasteiger partial charge in [-0.05, 0) is 29.6 Å². The maximum absolute atomic E-state index is 11.9. The minimum Gasteiger partial charge on any atom is -0.495 e. The minimum atomic E-state index is -0.192. The number of nitrogens with two attached hydrogens (primary N) is 1. The molecule has 0 atom stereocenters. The second kappa shape index (κ2) is 4.88. The molecule has 0 bridgehead atoms. The van der Waals surface area contributed by atoms with Gasteiger partial charge >= 0.3 is 0 Å². The summed E-state index contributed by atoms with van der Waals surface area (Å²) < 4.78 is 5.09. The van der Waals surface area contributed by atoms with Gasteiger partial charge in [-0.2, -0.15) is 0 Å². The van der Waals surface area contributed by atoms with Crippen LogP contribution >= 0.6 is 11.3 Å². The lowest BCUT2D eigenvalue weighted by atomic mass is 10.3. The molecule has 0 saturated carbocycles. The lowest BCUT2D eigenvalue weighted by Crippen LogP contribution is -2.11.